The number of hydrogen-bond acceptors (Lipinski definition) is 4. The SMILES string of the molecule is CCCn1cc(N)cc1C(=O)NCCSCCCO. The topological polar surface area (TPSA) is 80.3 Å². The number of nitrogens with zero attached hydrogens (tertiary/aromatic N) is 1. The highest BCUT2D eigenvalue weighted by Gasteiger charge is 2.11. The minimum absolute atomic E-state index is 0.0760. The maximum absolute atomic E-state index is 12.0. The fourth-order valence-electron chi connectivity index (χ4n) is 1.75. The molecular formula is C13H23N3O2S. The summed E-state index contributed by atoms with van der Waals surface area (Å²) in [7, 11) is 0. The van der Waals surface area contributed by atoms with Gasteiger partial charge in [0.2, 0.25) is 0 Å². The molecule has 19 heavy (non-hydrogen) atoms. The molecular weight excluding hydrogens is 262 g/mol. The number of aliphatic hydroxyl groups is 1. The molecule has 0 fully saturated rings. The standard InChI is InChI=1S/C13H23N3O2S/c1-2-5-16-10-11(14)9-12(16)13(18)15-4-8-19-7-3-6-17/h9-10,17H,2-8,14H2,1H3,(H,15,18). The Balaban J connectivity index is 2.36. The number of amides is 1. The van der Waals surface area contributed by atoms with Gasteiger partial charge >= 0.3 is 0 Å². The van der Waals surface area contributed by atoms with Crippen molar-refractivity contribution in [2.24, 2.45) is 0 Å². The minimum atomic E-state index is -0.0760. The van der Waals surface area contributed by atoms with Crippen LogP contribution in [0.5, 0.6) is 0 Å². The van der Waals surface area contributed by atoms with Gasteiger partial charge in [-0.05, 0) is 24.7 Å². The summed E-state index contributed by atoms with van der Waals surface area (Å²) in [4.78, 5) is 12.0. The first-order valence-corrected chi connectivity index (χ1v) is 7.77. The van der Waals surface area contributed by atoms with Gasteiger partial charge in [-0.3, -0.25) is 4.79 Å². The smallest absolute Gasteiger partial charge is 0.268 e. The van der Waals surface area contributed by atoms with E-state index >= 15 is 0 Å². The first-order chi connectivity index (χ1) is 9.19. The van der Waals surface area contributed by atoms with Crippen LogP contribution in [0.1, 0.15) is 30.3 Å². The fourth-order valence-corrected chi connectivity index (χ4v) is 2.53. The van der Waals surface area contributed by atoms with Crippen molar-refractivity contribution in [3.63, 3.8) is 0 Å². The minimum Gasteiger partial charge on any atom is -0.397 e. The molecule has 0 atom stereocenters. The van der Waals surface area contributed by atoms with E-state index in [9.17, 15) is 4.79 Å². The van der Waals surface area contributed by atoms with Gasteiger partial charge in [-0.25, -0.2) is 0 Å². The molecule has 0 bridgehead atoms. The number of aryl methyl sites for hydroxylation is 1. The van der Waals surface area contributed by atoms with Gasteiger partial charge in [0.15, 0.2) is 0 Å². The summed E-state index contributed by atoms with van der Waals surface area (Å²) in [5.41, 5.74) is 6.97. The second kappa shape index (κ2) is 8.87. The van der Waals surface area contributed by atoms with Gasteiger partial charge in [0.05, 0.1) is 5.69 Å². The average molecular weight is 285 g/mol. The molecule has 4 N–H and O–H groups in total. The first kappa shape index (κ1) is 15.9. The van der Waals surface area contributed by atoms with Gasteiger partial charge in [0, 0.05) is 31.6 Å². The van der Waals surface area contributed by atoms with Crippen molar-refractivity contribution in [3.8, 4) is 0 Å². The van der Waals surface area contributed by atoms with E-state index < -0.39 is 0 Å². The number of aliphatic hydroxyl groups excluding tert-OH is 1. The van der Waals surface area contributed by atoms with Crippen LogP contribution in [0, 0.1) is 0 Å². The van der Waals surface area contributed by atoms with Crippen molar-refractivity contribution >= 4 is 23.4 Å². The summed E-state index contributed by atoms with van der Waals surface area (Å²) < 4.78 is 1.89. The maximum Gasteiger partial charge on any atom is 0.268 e. The predicted octanol–water partition coefficient (Wildman–Crippen LogP) is 1.33. The van der Waals surface area contributed by atoms with E-state index in [0.29, 0.717) is 17.9 Å². The molecule has 0 radical (unpaired) electrons. The molecule has 0 aliphatic heterocycles. The van der Waals surface area contributed by atoms with E-state index in [2.05, 4.69) is 12.2 Å². The van der Waals surface area contributed by atoms with Crippen molar-refractivity contribution in [2.45, 2.75) is 26.3 Å². The summed E-state index contributed by atoms with van der Waals surface area (Å²) >= 11 is 1.73. The number of thioether (sulfide) groups is 1. The number of nitrogens with two attached hydrogens (primary N) is 1. The molecule has 6 heteroatoms. The number of aromatic nitrogens is 1. The Morgan fingerprint density at radius 2 is 2.32 bits per heavy atom. The number of nitrogen functional groups attached to an aromatic ring is 1. The molecule has 0 saturated heterocycles. The van der Waals surface area contributed by atoms with E-state index in [-0.39, 0.29) is 12.5 Å². The summed E-state index contributed by atoms with van der Waals surface area (Å²) in [5.74, 6) is 1.70. The van der Waals surface area contributed by atoms with E-state index in [0.717, 1.165) is 30.9 Å². The second-order valence-electron chi connectivity index (χ2n) is 4.30. The van der Waals surface area contributed by atoms with E-state index in [1.807, 2.05) is 4.57 Å². The number of anilines is 1. The highest BCUT2D eigenvalue weighted by molar-refractivity contribution is 7.99. The molecule has 1 heterocycles. The third-order valence-corrected chi connectivity index (χ3v) is 3.66. The van der Waals surface area contributed by atoms with E-state index in [1.165, 1.54) is 0 Å². The van der Waals surface area contributed by atoms with Crippen LogP contribution < -0.4 is 11.1 Å². The van der Waals surface area contributed by atoms with Crippen molar-refractivity contribution in [1.82, 2.24) is 9.88 Å². The number of rotatable bonds is 9. The van der Waals surface area contributed by atoms with Crippen LogP contribution in [0.4, 0.5) is 5.69 Å². The van der Waals surface area contributed by atoms with Crippen LogP contribution in [0.3, 0.4) is 0 Å². The Hall–Kier alpha value is -1.14. The summed E-state index contributed by atoms with van der Waals surface area (Å²) in [6.45, 7) is 3.72. The Kier molecular flexibility index (Phi) is 7.43. The lowest BCUT2D eigenvalue weighted by Crippen LogP contribution is -2.28. The lowest BCUT2D eigenvalue weighted by Gasteiger charge is -2.08. The molecule has 1 aromatic rings. The normalized spacial score (nSPS) is 10.6. The Morgan fingerprint density at radius 3 is 3.00 bits per heavy atom. The molecule has 1 aromatic heterocycles. The molecule has 0 unspecified atom stereocenters. The third-order valence-electron chi connectivity index (χ3n) is 2.59. The van der Waals surface area contributed by atoms with Crippen LogP contribution in [-0.4, -0.2) is 40.2 Å². The third kappa shape index (κ3) is 5.57. The van der Waals surface area contributed by atoms with Crippen molar-refractivity contribution in [2.75, 3.05) is 30.4 Å². The zero-order valence-corrected chi connectivity index (χ0v) is 12.2. The molecule has 1 rings (SSSR count). The fraction of sp³-hybridized carbons (Fsp3) is 0.615. The zero-order chi connectivity index (χ0) is 14.1. The highest BCUT2D eigenvalue weighted by atomic mass is 32.2. The van der Waals surface area contributed by atoms with Crippen molar-refractivity contribution in [3.05, 3.63) is 18.0 Å². The van der Waals surface area contributed by atoms with Gasteiger partial charge in [-0.1, -0.05) is 6.92 Å². The molecule has 0 saturated carbocycles. The highest BCUT2D eigenvalue weighted by Crippen LogP contribution is 2.11. The molecule has 0 aromatic carbocycles. The summed E-state index contributed by atoms with van der Waals surface area (Å²) in [5, 5.41) is 11.5. The Bertz CT molecular complexity index is 393. The van der Waals surface area contributed by atoms with Crippen LogP contribution >= 0.6 is 11.8 Å². The maximum atomic E-state index is 12.0. The second-order valence-corrected chi connectivity index (χ2v) is 5.52. The van der Waals surface area contributed by atoms with Crippen LogP contribution in [0.25, 0.3) is 0 Å². The Labute approximate surface area is 118 Å². The lowest BCUT2D eigenvalue weighted by atomic mass is 10.3. The van der Waals surface area contributed by atoms with E-state index in [1.54, 1.807) is 24.0 Å². The molecule has 1 amide bonds. The predicted molar refractivity (Wildman–Crippen MR) is 80.5 cm³/mol. The number of carbonyl (C=O) groups excluding carboxylic acids is 1. The molecule has 0 aliphatic carbocycles. The molecule has 5 nitrogen and oxygen atoms in total. The molecule has 108 valence electrons. The first-order valence-electron chi connectivity index (χ1n) is 6.61. The summed E-state index contributed by atoms with van der Waals surface area (Å²) in [6, 6.07) is 1.71. The lowest BCUT2D eigenvalue weighted by molar-refractivity contribution is 0.0947. The van der Waals surface area contributed by atoms with Gasteiger partial charge in [-0.2, -0.15) is 11.8 Å². The number of hydrogen-bond donors (Lipinski definition) is 3. The average Bonchev–Trinajstić information content (AvgIpc) is 2.75. The van der Waals surface area contributed by atoms with Gasteiger partial charge < -0.3 is 20.7 Å². The Morgan fingerprint density at radius 1 is 1.53 bits per heavy atom. The quantitative estimate of drug-likeness (QED) is 0.598. The van der Waals surface area contributed by atoms with E-state index in [4.69, 9.17) is 10.8 Å². The van der Waals surface area contributed by atoms with Gasteiger partial charge in [0.1, 0.15) is 5.69 Å². The molecule has 0 spiro atoms. The van der Waals surface area contributed by atoms with Crippen molar-refractivity contribution in [1.29, 1.82) is 0 Å². The van der Waals surface area contributed by atoms with Gasteiger partial charge in [-0.15, -0.1) is 0 Å². The monoisotopic (exact) mass is 285 g/mol. The largest absolute Gasteiger partial charge is 0.397 e. The summed E-state index contributed by atoms with van der Waals surface area (Å²) in [6.07, 6.45) is 3.56. The van der Waals surface area contributed by atoms with Crippen LogP contribution in [-0.2, 0) is 6.54 Å². The van der Waals surface area contributed by atoms with Crippen LogP contribution in [0.2, 0.25) is 0 Å². The number of nitrogens with one attached hydrogen (secondary N) is 1. The van der Waals surface area contributed by atoms with Crippen molar-refractivity contribution < 1.29 is 9.90 Å². The van der Waals surface area contributed by atoms with Gasteiger partial charge in [0.25, 0.3) is 5.91 Å². The zero-order valence-electron chi connectivity index (χ0n) is 11.4. The van der Waals surface area contributed by atoms with Crippen LogP contribution in [0.15, 0.2) is 12.3 Å². The molecule has 0 aliphatic rings. The number of carbonyl (C=O) groups is 1.